The van der Waals surface area contributed by atoms with Gasteiger partial charge in [0.2, 0.25) is 0 Å². The fourth-order valence-electron chi connectivity index (χ4n) is 3.54. The lowest BCUT2D eigenvalue weighted by Crippen LogP contribution is -2.12. The molecule has 26 heavy (non-hydrogen) atoms. The first-order valence-corrected chi connectivity index (χ1v) is 9.25. The number of aromatic nitrogens is 4. The Morgan fingerprint density at radius 1 is 1.19 bits per heavy atom. The van der Waals surface area contributed by atoms with Crippen LogP contribution in [0.2, 0.25) is 0 Å². The Morgan fingerprint density at radius 2 is 2.00 bits per heavy atom. The lowest BCUT2D eigenvalue weighted by atomic mass is 10.0. The molecular formula is C20H22N6. The van der Waals surface area contributed by atoms with E-state index in [1.165, 1.54) is 18.4 Å². The number of nitrogens with zero attached hydrogens (tertiary/aromatic N) is 5. The molecule has 0 radical (unpaired) electrons. The van der Waals surface area contributed by atoms with Gasteiger partial charge < -0.3 is 9.88 Å². The molecule has 4 rings (SSSR count). The Balaban J connectivity index is 1.67. The third-order valence-corrected chi connectivity index (χ3v) is 4.95. The fraction of sp³-hybridized carbons (Fsp3) is 0.400. The summed E-state index contributed by atoms with van der Waals surface area (Å²) in [5.74, 6) is 1.54. The average Bonchev–Trinajstić information content (AvgIpc) is 3.45. The van der Waals surface area contributed by atoms with E-state index in [2.05, 4.69) is 38.3 Å². The highest BCUT2D eigenvalue weighted by Gasteiger charge is 2.28. The highest BCUT2D eigenvalue weighted by atomic mass is 15.2. The SMILES string of the molecule is CCc1nnc(NCc2nc3ccccc3n2C2CC2)c(C#N)c1CC. The van der Waals surface area contributed by atoms with Gasteiger partial charge in [0.05, 0.1) is 23.3 Å². The van der Waals surface area contributed by atoms with Gasteiger partial charge in [-0.2, -0.15) is 10.4 Å². The minimum Gasteiger partial charge on any atom is -0.360 e. The van der Waals surface area contributed by atoms with E-state index >= 15 is 0 Å². The predicted octanol–water partition coefficient (Wildman–Crippen LogP) is 3.77. The molecule has 0 aliphatic heterocycles. The quantitative estimate of drug-likeness (QED) is 0.735. The third-order valence-electron chi connectivity index (χ3n) is 4.95. The molecule has 3 aromatic rings. The van der Waals surface area contributed by atoms with Gasteiger partial charge in [0.1, 0.15) is 17.5 Å². The smallest absolute Gasteiger partial charge is 0.167 e. The van der Waals surface area contributed by atoms with Gasteiger partial charge in [-0.25, -0.2) is 4.98 Å². The van der Waals surface area contributed by atoms with Crippen molar-refractivity contribution in [3.63, 3.8) is 0 Å². The van der Waals surface area contributed by atoms with E-state index in [1.807, 2.05) is 26.0 Å². The standard InChI is InChI=1S/C20H22N6/c1-3-14-15(11-21)20(25-24-16(14)4-2)22-12-19-23-17-7-5-6-8-18(17)26(19)13-9-10-13/h5-8,13H,3-4,9-10,12H2,1-2H3,(H,22,25). The number of aryl methyl sites for hydroxylation is 1. The molecule has 2 aromatic heterocycles. The summed E-state index contributed by atoms with van der Waals surface area (Å²) in [7, 11) is 0. The van der Waals surface area contributed by atoms with E-state index in [4.69, 9.17) is 4.98 Å². The molecule has 0 bridgehead atoms. The van der Waals surface area contributed by atoms with E-state index in [0.29, 0.717) is 24.0 Å². The van der Waals surface area contributed by atoms with Gasteiger partial charge in [-0.15, -0.1) is 5.10 Å². The van der Waals surface area contributed by atoms with Crippen molar-refractivity contribution in [2.45, 2.75) is 52.1 Å². The van der Waals surface area contributed by atoms with Crippen LogP contribution in [0, 0.1) is 11.3 Å². The first-order chi connectivity index (χ1) is 12.8. The van der Waals surface area contributed by atoms with Crippen LogP contribution in [0.25, 0.3) is 11.0 Å². The number of rotatable bonds is 6. The minimum atomic E-state index is 0.531. The van der Waals surface area contributed by atoms with Gasteiger partial charge in [-0.3, -0.25) is 0 Å². The predicted molar refractivity (Wildman–Crippen MR) is 101 cm³/mol. The van der Waals surface area contributed by atoms with Crippen LogP contribution in [0.1, 0.15) is 55.4 Å². The maximum absolute atomic E-state index is 9.64. The van der Waals surface area contributed by atoms with Crippen molar-refractivity contribution in [3.05, 3.63) is 46.9 Å². The Morgan fingerprint density at radius 3 is 2.69 bits per heavy atom. The summed E-state index contributed by atoms with van der Waals surface area (Å²) in [6.45, 7) is 4.62. The molecule has 6 heteroatoms. The largest absolute Gasteiger partial charge is 0.360 e. The summed E-state index contributed by atoms with van der Waals surface area (Å²) in [5, 5.41) is 21.5. The average molecular weight is 346 g/mol. The molecule has 1 aromatic carbocycles. The first kappa shape index (κ1) is 16.5. The van der Waals surface area contributed by atoms with E-state index in [0.717, 1.165) is 35.4 Å². The summed E-state index contributed by atoms with van der Waals surface area (Å²) >= 11 is 0. The number of fused-ring (bicyclic) bond motifs is 1. The monoisotopic (exact) mass is 346 g/mol. The molecule has 1 aliphatic carbocycles. The first-order valence-electron chi connectivity index (χ1n) is 9.25. The number of hydrogen-bond acceptors (Lipinski definition) is 5. The van der Waals surface area contributed by atoms with Gasteiger partial charge in [0, 0.05) is 6.04 Å². The number of anilines is 1. The van der Waals surface area contributed by atoms with Crippen LogP contribution < -0.4 is 5.32 Å². The lowest BCUT2D eigenvalue weighted by molar-refractivity contribution is 0.709. The number of benzene rings is 1. The van der Waals surface area contributed by atoms with Crippen LogP contribution in [-0.4, -0.2) is 19.7 Å². The molecule has 1 N–H and O–H groups in total. The van der Waals surface area contributed by atoms with Crippen molar-refractivity contribution in [2.24, 2.45) is 0 Å². The molecule has 0 spiro atoms. The molecule has 132 valence electrons. The van der Waals surface area contributed by atoms with Crippen LogP contribution in [0.3, 0.4) is 0 Å². The van der Waals surface area contributed by atoms with E-state index in [-0.39, 0.29) is 0 Å². The number of para-hydroxylation sites is 2. The molecule has 0 unspecified atom stereocenters. The van der Waals surface area contributed by atoms with E-state index in [9.17, 15) is 5.26 Å². The van der Waals surface area contributed by atoms with Crippen LogP contribution in [0.15, 0.2) is 24.3 Å². The second kappa shape index (κ2) is 6.75. The minimum absolute atomic E-state index is 0.531. The summed E-state index contributed by atoms with van der Waals surface area (Å²) in [6.07, 6.45) is 3.95. The Labute approximate surface area is 152 Å². The zero-order valence-corrected chi connectivity index (χ0v) is 15.2. The van der Waals surface area contributed by atoms with Crippen molar-refractivity contribution in [3.8, 4) is 6.07 Å². The van der Waals surface area contributed by atoms with Crippen molar-refractivity contribution < 1.29 is 0 Å². The molecule has 2 heterocycles. The van der Waals surface area contributed by atoms with E-state index in [1.54, 1.807) is 0 Å². The highest BCUT2D eigenvalue weighted by molar-refractivity contribution is 5.76. The van der Waals surface area contributed by atoms with Crippen LogP contribution in [0.5, 0.6) is 0 Å². The van der Waals surface area contributed by atoms with Gasteiger partial charge in [0.25, 0.3) is 0 Å². The normalized spacial score (nSPS) is 13.7. The Bertz CT molecular complexity index is 993. The molecule has 6 nitrogen and oxygen atoms in total. The molecule has 0 atom stereocenters. The van der Waals surface area contributed by atoms with Crippen molar-refractivity contribution in [1.82, 2.24) is 19.7 Å². The molecule has 0 amide bonds. The lowest BCUT2D eigenvalue weighted by Gasteiger charge is -2.13. The summed E-state index contributed by atoms with van der Waals surface area (Å²) < 4.78 is 2.32. The van der Waals surface area contributed by atoms with Gasteiger partial charge in [0.15, 0.2) is 5.82 Å². The summed E-state index contributed by atoms with van der Waals surface area (Å²) in [4.78, 5) is 4.79. The Hall–Kier alpha value is -2.94. The summed E-state index contributed by atoms with van der Waals surface area (Å²) in [5.41, 5.74) is 4.68. The fourth-order valence-corrected chi connectivity index (χ4v) is 3.54. The second-order valence-electron chi connectivity index (χ2n) is 6.64. The van der Waals surface area contributed by atoms with Crippen molar-refractivity contribution in [2.75, 3.05) is 5.32 Å². The second-order valence-corrected chi connectivity index (χ2v) is 6.64. The zero-order chi connectivity index (χ0) is 18.1. The number of hydrogen-bond donors (Lipinski definition) is 1. The third kappa shape index (κ3) is 2.80. The van der Waals surface area contributed by atoms with Gasteiger partial charge in [-0.1, -0.05) is 26.0 Å². The number of nitriles is 1. The number of nitrogens with one attached hydrogen (secondary N) is 1. The number of imidazole rings is 1. The van der Waals surface area contributed by atoms with Crippen molar-refractivity contribution in [1.29, 1.82) is 5.26 Å². The van der Waals surface area contributed by atoms with Crippen molar-refractivity contribution >= 4 is 16.9 Å². The maximum Gasteiger partial charge on any atom is 0.167 e. The zero-order valence-electron chi connectivity index (χ0n) is 15.2. The van der Waals surface area contributed by atoms with Crippen LogP contribution in [0.4, 0.5) is 5.82 Å². The van der Waals surface area contributed by atoms with Gasteiger partial charge >= 0.3 is 0 Å². The summed E-state index contributed by atoms with van der Waals surface area (Å²) in [6, 6.07) is 11.1. The molecule has 1 saturated carbocycles. The topological polar surface area (TPSA) is 79.4 Å². The molecule has 1 fully saturated rings. The maximum atomic E-state index is 9.64. The molecule has 1 aliphatic rings. The highest BCUT2D eigenvalue weighted by Crippen LogP contribution is 2.38. The van der Waals surface area contributed by atoms with Crippen LogP contribution >= 0.6 is 0 Å². The van der Waals surface area contributed by atoms with Crippen LogP contribution in [-0.2, 0) is 19.4 Å². The van der Waals surface area contributed by atoms with E-state index < -0.39 is 0 Å². The van der Waals surface area contributed by atoms with Gasteiger partial charge in [-0.05, 0) is 43.4 Å². The molecule has 0 saturated heterocycles. The molecular weight excluding hydrogens is 324 g/mol. The Kier molecular flexibility index (Phi) is 4.29.